The first kappa shape index (κ1) is 18.0. The first-order chi connectivity index (χ1) is 12.4. The largest absolute Gasteiger partial charge is 0.377 e. The van der Waals surface area contributed by atoms with Crippen molar-refractivity contribution >= 4 is 32.8 Å². The summed E-state index contributed by atoms with van der Waals surface area (Å²) in [7, 11) is 0.0892. The Hall–Kier alpha value is -2.77. The van der Waals surface area contributed by atoms with Gasteiger partial charge in [-0.15, -0.1) is 0 Å². The van der Waals surface area contributed by atoms with Gasteiger partial charge in [0.2, 0.25) is 10.0 Å². The molecule has 0 aliphatic carbocycles. The minimum Gasteiger partial charge on any atom is -0.377 e. The van der Waals surface area contributed by atoms with E-state index in [0.29, 0.717) is 17.4 Å². The van der Waals surface area contributed by atoms with Gasteiger partial charge in [0.25, 0.3) is 0 Å². The molecule has 0 aliphatic heterocycles. The van der Waals surface area contributed by atoms with Gasteiger partial charge in [-0.3, -0.25) is 4.79 Å². The van der Waals surface area contributed by atoms with Gasteiger partial charge in [0.05, 0.1) is 17.1 Å². The topological polar surface area (TPSA) is 79.4 Å². The van der Waals surface area contributed by atoms with Crippen LogP contribution < -0.4 is 9.62 Å². The van der Waals surface area contributed by atoms with Gasteiger partial charge < -0.3 is 4.90 Å². The number of aldehydes is 1. The molecule has 0 saturated carbocycles. The van der Waals surface area contributed by atoms with Crippen molar-refractivity contribution in [2.75, 3.05) is 19.0 Å². The Labute approximate surface area is 152 Å². The van der Waals surface area contributed by atoms with Crippen molar-refractivity contribution in [2.45, 2.75) is 11.4 Å². The van der Waals surface area contributed by atoms with E-state index in [4.69, 9.17) is 0 Å². The quantitative estimate of drug-likeness (QED) is 0.676. The highest BCUT2D eigenvalue weighted by molar-refractivity contribution is 7.89. The first-order valence-electron chi connectivity index (χ1n) is 8.02. The lowest BCUT2D eigenvalue weighted by molar-refractivity contribution is 0.111. The summed E-state index contributed by atoms with van der Waals surface area (Å²) >= 11 is 0. The Kier molecular flexibility index (Phi) is 5.01. The van der Waals surface area contributed by atoms with E-state index in [0.717, 1.165) is 11.1 Å². The molecule has 0 radical (unpaired) electrons. The second kappa shape index (κ2) is 7.23. The van der Waals surface area contributed by atoms with Crippen LogP contribution in [-0.4, -0.2) is 33.8 Å². The minimum atomic E-state index is -3.74. The van der Waals surface area contributed by atoms with Crippen molar-refractivity contribution in [3.63, 3.8) is 0 Å². The van der Waals surface area contributed by atoms with E-state index in [-0.39, 0.29) is 17.1 Å². The van der Waals surface area contributed by atoms with E-state index in [1.165, 1.54) is 0 Å². The Morgan fingerprint density at radius 2 is 1.69 bits per heavy atom. The van der Waals surface area contributed by atoms with Gasteiger partial charge in [0.1, 0.15) is 5.69 Å². The number of hydrogen-bond acceptors (Lipinski definition) is 5. The van der Waals surface area contributed by atoms with Gasteiger partial charge in [-0.05, 0) is 24.3 Å². The van der Waals surface area contributed by atoms with Crippen molar-refractivity contribution in [3.05, 3.63) is 66.0 Å². The summed E-state index contributed by atoms with van der Waals surface area (Å²) in [6, 6.07) is 15.7. The summed E-state index contributed by atoms with van der Waals surface area (Å²) in [4.78, 5) is 17.1. The molecule has 1 N–H and O–H groups in total. The second-order valence-electron chi connectivity index (χ2n) is 6.02. The van der Waals surface area contributed by atoms with Gasteiger partial charge in [0.15, 0.2) is 6.29 Å². The smallest absolute Gasteiger partial charge is 0.241 e. The third kappa shape index (κ3) is 3.58. The molecule has 0 bridgehead atoms. The van der Waals surface area contributed by atoms with Crippen LogP contribution in [0, 0.1) is 0 Å². The highest BCUT2D eigenvalue weighted by Crippen LogP contribution is 2.30. The Morgan fingerprint density at radius 3 is 2.42 bits per heavy atom. The standard InChI is InChI=1S/C19H19N3O3S/c1-22(2)18-10-4-9-17-16(18)8-5-11-19(17)26(24,25)20-12-14-6-3-7-15(13-23)21-14/h3-11,13,20H,12H2,1-2H3. The number of rotatable bonds is 6. The summed E-state index contributed by atoms with van der Waals surface area (Å²) in [6.45, 7) is 0.00771. The molecule has 7 heteroatoms. The summed E-state index contributed by atoms with van der Waals surface area (Å²) < 4.78 is 28.2. The van der Waals surface area contributed by atoms with Crippen LogP contribution in [-0.2, 0) is 16.6 Å². The summed E-state index contributed by atoms with van der Waals surface area (Å²) in [5.74, 6) is 0. The lowest BCUT2D eigenvalue weighted by Crippen LogP contribution is -2.24. The average molecular weight is 369 g/mol. The third-order valence-electron chi connectivity index (χ3n) is 4.02. The first-order valence-corrected chi connectivity index (χ1v) is 9.50. The molecule has 0 unspecified atom stereocenters. The number of carbonyl (C=O) groups excluding carboxylic acids is 1. The fourth-order valence-corrected chi connectivity index (χ4v) is 4.02. The molecule has 2 aromatic carbocycles. The monoisotopic (exact) mass is 369 g/mol. The fourth-order valence-electron chi connectivity index (χ4n) is 2.80. The van der Waals surface area contributed by atoms with Crippen LogP contribution in [0.25, 0.3) is 10.8 Å². The van der Waals surface area contributed by atoms with E-state index >= 15 is 0 Å². The van der Waals surface area contributed by atoms with Crippen molar-refractivity contribution in [1.82, 2.24) is 9.71 Å². The number of nitrogens with one attached hydrogen (secondary N) is 1. The zero-order valence-corrected chi connectivity index (χ0v) is 15.3. The van der Waals surface area contributed by atoms with Crippen LogP contribution in [0.4, 0.5) is 5.69 Å². The molecule has 1 heterocycles. The number of fused-ring (bicyclic) bond motifs is 1. The zero-order chi connectivity index (χ0) is 18.7. The number of sulfonamides is 1. The summed E-state index contributed by atoms with van der Waals surface area (Å²) in [6.07, 6.45) is 0.630. The molecule has 3 rings (SSSR count). The predicted octanol–water partition coefficient (Wildman–Crippen LogP) is 2.59. The van der Waals surface area contributed by atoms with Crippen LogP contribution >= 0.6 is 0 Å². The summed E-state index contributed by atoms with van der Waals surface area (Å²) in [5, 5.41) is 1.52. The maximum Gasteiger partial charge on any atom is 0.241 e. The number of aromatic nitrogens is 1. The van der Waals surface area contributed by atoms with Crippen LogP contribution in [0.15, 0.2) is 59.5 Å². The zero-order valence-electron chi connectivity index (χ0n) is 14.5. The number of benzene rings is 2. The van der Waals surface area contributed by atoms with Crippen LogP contribution in [0.5, 0.6) is 0 Å². The molecular weight excluding hydrogens is 350 g/mol. The van der Waals surface area contributed by atoms with Crippen molar-refractivity contribution in [3.8, 4) is 0 Å². The highest BCUT2D eigenvalue weighted by Gasteiger charge is 2.18. The van der Waals surface area contributed by atoms with E-state index < -0.39 is 10.0 Å². The molecule has 1 aromatic heterocycles. The normalized spacial score (nSPS) is 11.5. The molecular formula is C19H19N3O3S. The molecule has 6 nitrogen and oxygen atoms in total. The molecule has 0 fully saturated rings. The molecule has 26 heavy (non-hydrogen) atoms. The number of hydrogen-bond donors (Lipinski definition) is 1. The van der Waals surface area contributed by atoms with Crippen LogP contribution in [0.1, 0.15) is 16.2 Å². The Balaban J connectivity index is 1.96. The Morgan fingerprint density at radius 1 is 1.00 bits per heavy atom. The van der Waals surface area contributed by atoms with E-state index in [2.05, 4.69) is 9.71 Å². The number of pyridine rings is 1. The van der Waals surface area contributed by atoms with Crippen molar-refractivity contribution < 1.29 is 13.2 Å². The van der Waals surface area contributed by atoms with Crippen LogP contribution in [0.3, 0.4) is 0 Å². The maximum atomic E-state index is 12.8. The molecule has 0 amide bonds. The van der Waals surface area contributed by atoms with Gasteiger partial charge in [0, 0.05) is 30.6 Å². The number of carbonyl (C=O) groups is 1. The Bertz CT molecular complexity index is 1060. The fraction of sp³-hybridized carbons (Fsp3) is 0.158. The second-order valence-corrected chi connectivity index (χ2v) is 7.75. The van der Waals surface area contributed by atoms with Crippen molar-refractivity contribution in [1.29, 1.82) is 0 Å². The van der Waals surface area contributed by atoms with E-state index in [1.807, 2.05) is 37.2 Å². The van der Waals surface area contributed by atoms with E-state index in [9.17, 15) is 13.2 Å². The molecule has 0 spiro atoms. The van der Waals surface area contributed by atoms with Crippen LogP contribution in [0.2, 0.25) is 0 Å². The molecule has 0 atom stereocenters. The highest BCUT2D eigenvalue weighted by atomic mass is 32.2. The van der Waals surface area contributed by atoms with Crippen molar-refractivity contribution in [2.24, 2.45) is 0 Å². The van der Waals surface area contributed by atoms with Gasteiger partial charge in [-0.25, -0.2) is 18.1 Å². The number of nitrogens with zero attached hydrogens (tertiary/aromatic N) is 2. The van der Waals surface area contributed by atoms with E-state index in [1.54, 1.807) is 36.4 Å². The van der Waals surface area contributed by atoms with Gasteiger partial charge in [-0.1, -0.05) is 30.3 Å². The molecule has 134 valence electrons. The SMILES string of the molecule is CN(C)c1cccc2c(S(=O)(=O)NCc3cccc(C=O)n3)cccc12. The van der Waals surface area contributed by atoms with Gasteiger partial charge >= 0.3 is 0 Å². The predicted molar refractivity (Wildman–Crippen MR) is 102 cm³/mol. The maximum absolute atomic E-state index is 12.8. The lowest BCUT2D eigenvalue weighted by atomic mass is 10.1. The number of anilines is 1. The summed E-state index contributed by atoms with van der Waals surface area (Å²) in [5.41, 5.74) is 1.69. The average Bonchev–Trinajstić information content (AvgIpc) is 2.65. The molecule has 3 aromatic rings. The minimum absolute atomic E-state index is 0.00771. The molecule has 0 aliphatic rings. The third-order valence-corrected chi connectivity index (χ3v) is 5.48. The molecule has 0 saturated heterocycles. The lowest BCUT2D eigenvalue weighted by Gasteiger charge is -2.17. The van der Waals surface area contributed by atoms with Gasteiger partial charge in [-0.2, -0.15) is 0 Å².